The van der Waals surface area contributed by atoms with E-state index in [1.165, 1.54) is 0 Å². The Kier molecular flexibility index (Phi) is 5.03. The molecule has 6 heteroatoms. The van der Waals surface area contributed by atoms with Crippen LogP contribution in [0, 0.1) is 0 Å². The summed E-state index contributed by atoms with van der Waals surface area (Å²) >= 11 is 0. The van der Waals surface area contributed by atoms with Crippen LogP contribution in [-0.2, 0) is 4.79 Å². The van der Waals surface area contributed by atoms with Crippen LogP contribution in [-0.4, -0.2) is 48.3 Å². The summed E-state index contributed by atoms with van der Waals surface area (Å²) in [6.45, 7) is 3.33. The predicted octanol–water partition coefficient (Wildman–Crippen LogP) is 1.06. The minimum Gasteiger partial charge on any atom is -0.497 e. The minimum atomic E-state index is -0.251. The lowest BCUT2D eigenvalue weighted by Crippen LogP contribution is -2.47. The molecule has 1 aliphatic heterocycles. The maximum absolute atomic E-state index is 12.3. The van der Waals surface area contributed by atoms with Crippen LogP contribution >= 0.6 is 0 Å². The number of benzene rings is 1. The number of methoxy groups -OCH3 is 1. The van der Waals surface area contributed by atoms with Gasteiger partial charge in [-0.3, -0.25) is 9.69 Å². The lowest BCUT2D eigenvalue weighted by molar-refractivity contribution is -0.121. The number of carbonyl (C=O) groups excluding carboxylic acids is 1. The molecule has 0 aromatic heterocycles. The number of nitrogens with one attached hydrogen (secondary N) is 1. The van der Waals surface area contributed by atoms with Gasteiger partial charge in [0.25, 0.3) is 0 Å². The largest absolute Gasteiger partial charge is 0.497 e. The molecule has 1 aliphatic rings. The highest BCUT2D eigenvalue weighted by Gasteiger charge is 2.26. The molecule has 1 fully saturated rings. The zero-order valence-corrected chi connectivity index (χ0v) is 12.5. The fourth-order valence-electron chi connectivity index (χ4n) is 2.46. The highest BCUT2D eigenvalue weighted by molar-refractivity contribution is 5.97. The minimum absolute atomic E-state index is 0.0942. The molecule has 4 N–H and O–H groups in total. The number of amides is 1. The quantitative estimate of drug-likeness (QED) is 0.723. The van der Waals surface area contributed by atoms with Gasteiger partial charge in [0.2, 0.25) is 5.91 Å². The maximum Gasteiger partial charge on any atom is 0.241 e. The number of anilines is 2. The number of aliphatic hydroxyl groups is 1. The Morgan fingerprint density at radius 2 is 2.14 bits per heavy atom. The zero-order valence-electron chi connectivity index (χ0n) is 12.5. The van der Waals surface area contributed by atoms with Crippen LogP contribution in [0.1, 0.15) is 19.8 Å². The van der Waals surface area contributed by atoms with Gasteiger partial charge in [-0.15, -0.1) is 0 Å². The van der Waals surface area contributed by atoms with E-state index in [9.17, 15) is 9.90 Å². The second-order valence-electron chi connectivity index (χ2n) is 5.39. The van der Waals surface area contributed by atoms with Gasteiger partial charge in [0.15, 0.2) is 0 Å². The Bertz CT molecular complexity index is 499. The van der Waals surface area contributed by atoms with Crippen molar-refractivity contribution >= 4 is 17.3 Å². The van der Waals surface area contributed by atoms with Crippen LogP contribution in [0.5, 0.6) is 5.75 Å². The maximum atomic E-state index is 12.3. The molecular weight excluding hydrogens is 270 g/mol. The molecule has 2 rings (SSSR count). The van der Waals surface area contributed by atoms with Crippen LogP contribution in [0.2, 0.25) is 0 Å². The van der Waals surface area contributed by atoms with E-state index in [1.807, 2.05) is 6.92 Å². The number of hydrogen-bond donors (Lipinski definition) is 3. The Morgan fingerprint density at radius 1 is 1.48 bits per heavy atom. The Hall–Kier alpha value is -1.79. The summed E-state index contributed by atoms with van der Waals surface area (Å²) in [4.78, 5) is 14.4. The molecule has 0 radical (unpaired) electrons. The van der Waals surface area contributed by atoms with E-state index in [0.29, 0.717) is 30.0 Å². The second-order valence-corrected chi connectivity index (χ2v) is 5.39. The molecule has 1 saturated heterocycles. The molecule has 0 spiro atoms. The van der Waals surface area contributed by atoms with Gasteiger partial charge in [0.1, 0.15) is 5.75 Å². The molecule has 1 atom stereocenters. The van der Waals surface area contributed by atoms with Crippen molar-refractivity contribution in [1.82, 2.24) is 4.90 Å². The van der Waals surface area contributed by atoms with Crippen molar-refractivity contribution in [1.29, 1.82) is 0 Å². The van der Waals surface area contributed by atoms with Gasteiger partial charge in [0.05, 0.1) is 30.6 Å². The molecule has 1 unspecified atom stereocenters. The van der Waals surface area contributed by atoms with E-state index in [1.54, 1.807) is 25.3 Å². The summed E-state index contributed by atoms with van der Waals surface area (Å²) in [6.07, 6.45) is 1.18. The molecule has 1 aromatic carbocycles. The highest BCUT2D eigenvalue weighted by atomic mass is 16.5. The van der Waals surface area contributed by atoms with Crippen LogP contribution in [0.25, 0.3) is 0 Å². The molecular formula is C15H23N3O3. The first-order valence-electron chi connectivity index (χ1n) is 7.17. The van der Waals surface area contributed by atoms with E-state index < -0.39 is 0 Å². The standard InChI is InChI=1S/C15H23N3O3/c1-10(18-7-5-11(19)6-8-18)15(20)17-14-4-3-12(21-2)9-13(14)16/h3-4,9-11,19H,5-8,16H2,1-2H3,(H,17,20). The number of piperidine rings is 1. The van der Waals surface area contributed by atoms with Gasteiger partial charge in [-0.1, -0.05) is 0 Å². The molecule has 116 valence electrons. The molecule has 0 saturated carbocycles. The summed E-state index contributed by atoms with van der Waals surface area (Å²) in [5, 5.41) is 12.4. The van der Waals surface area contributed by atoms with Gasteiger partial charge in [0, 0.05) is 19.2 Å². The van der Waals surface area contributed by atoms with Gasteiger partial charge < -0.3 is 20.9 Å². The van der Waals surface area contributed by atoms with Gasteiger partial charge in [-0.25, -0.2) is 0 Å². The number of ether oxygens (including phenoxy) is 1. The third-order valence-electron chi connectivity index (χ3n) is 3.94. The number of likely N-dealkylation sites (tertiary alicyclic amines) is 1. The lowest BCUT2D eigenvalue weighted by Gasteiger charge is -2.33. The monoisotopic (exact) mass is 293 g/mol. The van der Waals surface area contributed by atoms with E-state index in [2.05, 4.69) is 10.2 Å². The molecule has 1 amide bonds. The van der Waals surface area contributed by atoms with Gasteiger partial charge in [-0.05, 0) is 31.9 Å². The number of aliphatic hydroxyl groups excluding tert-OH is 1. The van der Waals surface area contributed by atoms with Crippen molar-refractivity contribution in [3.63, 3.8) is 0 Å². The Balaban J connectivity index is 1.97. The van der Waals surface area contributed by atoms with Crippen LogP contribution in [0.3, 0.4) is 0 Å². The molecule has 6 nitrogen and oxygen atoms in total. The molecule has 1 aromatic rings. The van der Waals surface area contributed by atoms with Crippen molar-refractivity contribution in [3.8, 4) is 5.75 Å². The highest BCUT2D eigenvalue weighted by Crippen LogP contribution is 2.24. The third kappa shape index (κ3) is 3.86. The van der Waals surface area contributed by atoms with Crippen molar-refractivity contribution in [2.75, 3.05) is 31.2 Å². The SMILES string of the molecule is COc1ccc(NC(=O)C(C)N2CCC(O)CC2)c(N)c1. The second kappa shape index (κ2) is 6.78. The number of rotatable bonds is 4. The van der Waals surface area contributed by atoms with E-state index in [-0.39, 0.29) is 18.1 Å². The van der Waals surface area contributed by atoms with E-state index >= 15 is 0 Å². The van der Waals surface area contributed by atoms with Crippen LogP contribution in [0.15, 0.2) is 18.2 Å². The molecule has 21 heavy (non-hydrogen) atoms. The first-order valence-corrected chi connectivity index (χ1v) is 7.17. The lowest BCUT2D eigenvalue weighted by atomic mass is 10.1. The van der Waals surface area contributed by atoms with E-state index in [0.717, 1.165) is 13.1 Å². The predicted molar refractivity (Wildman–Crippen MR) is 82.3 cm³/mol. The first-order chi connectivity index (χ1) is 10.0. The molecule has 0 aliphatic carbocycles. The average molecular weight is 293 g/mol. The van der Waals surface area contributed by atoms with Crippen molar-refractivity contribution in [2.45, 2.75) is 31.9 Å². The van der Waals surface area contributed by atoms with Crippen molar-refractivity contribution in [2.24, 2.45) is 0 Å². The number of hydrogen-bond acceptors (Lipinski definition) is 5. The summed E-state index contributed by atoms with van der Waals surface area (Å²) in [5.74, 6) is 0.562. The van der Waals surface area contributed by atoms with Gasteiger partial charge >= 0.3 is 0 Å². The van der Waals surface area contributed by atoms with E-state index in [4.69, 9.17) is 10.5 Å². The number of carbonyl (C=O) groups is 1. The number of nitrogens with zero attached hydrogens (tertiary/aromatic N) is 1. The summed E-state index contributed by atoms with van der Waals surface area (Å²) in [5.41, 5.74) is 6.96. The van der Waals surface area contributed by atoms with Crippen molar-refractivity contribution in [3.05, 3.63) is 18.2 Å². The smallest absolute Gasteiger partial charge is 0.241 e. The third-order valence-corrected chi connectivity index (χ3v) is 3.94. The fourth-order valence-corrected chi connectivity index (χ4v) is 2.46. The summed E-state index contributed by atoms with van der Waals surface area (Å²) in [7, 11) is 1.57. The fraction of sp³-hybridized carbons (Fsp3) is 0.533. The zero-order chi connectivity index (χ0) is 15.4. The van der Waals surface area contributed by atoms with Crippen molar-refractivity contribution < 1.29 is 14.6 Å². The summed E-state index contributed by atoms with van der Waals surface area (Å²) in [6, 6.07) is 4.92. The van der Waals surface area contributed by atoms with Gasteiger partial charge in [-0.2, -0.15) is 0 Å². The first kappa shape index (κ1) is 15.6. The number of nitrogen functional groups attached to an aromatic ring is 1. The summed E-state index contributed by atoms with van der Waals surface area (Å²) < 4.78 is 5.08. The Morgan fingerprint density at radius 3 is 2.71 bits per heavy atom. The molecule has 0 bridgehead atoms. The van der Waals surface area contributed by atoms with Crippen LogP contribution in [0.4, 0.5) is 11.4 Å². The Labute approximate surface area is 124 Å². The normalized spacial score (nSPS) is 18.2. The average Bonchev–Trinajstić information content (AvgIpc) is 2.49. The number of nitrogens with two attached hydrogens (primary N) is 1. The molecule has 1 heterocycles. The topological polar surface area (TPSA) is 87.8 Å². The van der Waals surface area contributed by atoms with Crippen LogP contribution < -0.4 is 15.8 Å².